The van der Waals surface area contributed by atoms with Gasteiger partial charge in [0.15, 0.2) is 0 Å². The van der Waals surface area contributed by atoms with Gasteiger partial charge in [-0.3, -0.25) is 0 Å². The van der Waals surface area contributed by atoms with Crippen LogP contribution in [0, 0.1) is 5.82 Å². The van der Waals surface area contributed by atoms with E-state index >= 15 is 0 Å². The Morgan fingerprint density at radius 1 is 1.33 bits per heavy atom. The third-order valence-corrected chi connectivity index (χ3v) is 4.00. The van der Waals surface area contributed by atoms with Crippen molar-refractivity contribution >= 4 is 0 Å². The minimum atomic E-state index is -0.0132. The van der Waals surface area contributed by atoms with Gasteiger partial charge in [0.25, 0.3) is 0 Å². The van der Waals surface area contributed by atoms with E-state index in [0.29, 0.717) is 12.0 Å². The molecule has 0 radical (unpaired) electrons. The second kappa shape index (κ2) is 6.33. The van der Waals surface area contributed by atoms with Crippen molar-refractivity contribution in [2.75, 3.05) is 6.54 Å². The van der Waals surface area contributed by atoms with Crippen LogP contribution in [0.3, 0.4) is 0 Å². The van der Waals surface area contributed by atoms with Gasteiger partial charge in [-0.15, -0.1) is 0 Å². The predicted molar refractivity (Wildman–Crippen MR) is 74.5 cm³/mol. The molecule has 2 rings (SSSR count). The van der Waals surface area contributed by atoms with Crippen molar-refractivity contribution in [1.82, 2.24) is 5.32 Å². The van der Waals surface area contributed by atoms with Crippen LogP contribution in [0.2, 0.25) is 0 Å². The molecule has 18 heavy (non-hydrogen) atoms. The molecule has 0 fully saturated rings. The lowest BCUT2D eigenvalue weighted by Crippen LogP contribution is -2.34. The quantitative estimate of drug-likeness (QED) is 0.803. The molecule has 0 spiro atoms. The van der Waals surface area contributed by atoms with Gasteiger partial charge in [0.2, 0.25) is 0 Å². The molecule has 1 aliphatic rings. The molecule has 0 aliphatic heterocycles. The Labute approximate surface area is 110 Å². The first-order valence-corrected chi connectivity index (χ1v) is 7.28. The second-order valence-corrected chi connectivity index (χ2v) is 5.30. The maximum atomic E-state index is 13.7. The van der Waals surface area contributed by atoms with Crippen molar-refractivity contribution in [3.63, 3.8) is 0 Å². The van der Waals surface area contributed by atoms with E-state index in [1.54, 1.807) is 6.07 Å². The molecule has 0 heterocycles. The molecular formula is C16H24FN. The summed E-state index contributed by atoms with van der Waals surface area (Å²) >= 11 is 0. The van der Waals surface area contributed by atoms with Gasteiger partial charge in [-0.1, -0.05) is 32.4 Å². The van der Waals surface area contributed by atoms with Gasteiger partial charge < -0.3 is 5.32 Å². The maximum absolute atomic E-state index is 13.7. The Hall–Kier alpha value is -0.890. The number of rotatable bonds is 6. The highest BCUT2D eigenvalue weighted by molar-refractivity contribution is 5.37. The zero-order valence-electron chi connectivity index (χ0n) is 11.5. The molecule has 2 atom stereocenters. The van der Waals surface area contributed by atoms with Crippen LogP contribution in [0.25, 0.3) is 0 Å². The molecular weight excluding hydrogens is 225 g/mol. The summed E-state index contributed by atoms with van der Waals surface area (Å²) in [7, 11) is 0. The Bertz CT molecular complexity index is 389. The average Bonchev–Trinajstić information content (AvgIpc) is 2.80. The van der Waals surface area contributed by atoms with E-state index in [2.05, 4.69) is 25.2 Å². The van der Waals surface area contributed by atoms with Crippen molar-refractivity contribution in [2.45, 2.75) is 57.9 Å². The molecule has 0 saturated heterocycles. The van der Waals surface area contributed by atoms with Crippen LogP contribution in [0.4, 0.5) is 4.39 Å². The summed E-state index contributed by atoms with van der Waals surface area (Å²) in [5.74, 6) is 0.489. The molecule has 0 bridgehead atoms. The van der Waals surface area contributed by atoms with Crippen molar-refractivity contribution in [3.8, 4) is 0 Å². The first-order valence-electron chi connectivity index (χ1n) is 7.28. The molecule has 1 nitrogen and oxygen atoms in total. The fraction of sp³-hybridized carbons (Fsp3) is 0.625. The fourth-order valence-corrected chi connectivity index (χ4v) is 3.15. The zero-order chi connectivity index (χ0) is 13.0. The minimum absolute atomic E-state index is 0.0132. The molecule has 1 aromatic rings. The van der Waals surface area contributed by atoms with Crippen LogP contribution in [0.1, 0.15) is 56.6 Å². The van der Waals surface area contributed by atoms with Crippen LogP contribution < -0.4 is 5.32 Å². The SMILES string of the molecule is CCCNC(CCC)C1CCc2c(F)cccc21. The number of halogens is 1. The first kappa shape index (κ1) is 13.5. The predicted octanol–water partition coefficient (Wildman–Crippen LogP) is 4.02. The van der Waals surface area contributed by atoms with Crippen LogP contribution in [0.15, 0.2) is 18.2 Å². The minimum Gasteiger partial charge on any atom is -0.313 e. The van der Waals surface area contributed by atoms with Gasteiger partial charge >= 0.3 is 0 Å². The lowest BCUT2D eigenvalue weighted by atomic mass is 9.90. The van der Waals surface area contributed by atoms with Crippen LogP contribution in [-0.4, -0.2) is 12.6 Å². The largest absolute Gasteiger partial charge is 0.313 e. The summed E-state index contributed by atoms with van der Waals surface area (Å²) < 4.78 is 13.7. The van der Waals surface area contributed by atoms with Gasteiger partial charge in [-0.25, -0.2) is 4.39 Å². The van der Waals surface area contributed by atoms with E-state index in [9.17, 15) is 4.39 Å². The lowest BCUT2D eigenvalue weighted by molar-refractivity contribution is 0.402. The van der Waals surface area contributed by atoms with E-state index in [4.69, 9.17) is 0 Å². The van der Waals surface area contributed by atoms with Crippen molar-refractivity contribution in [2.24, 2.45) is 0 Å². The zero-order valence-corrected chi connectivity index (χ0v) is 11.5. The molecule has 2 unspecified atom stereocenters. The van der Waals surface area contributed by atoms with Crippen LogP contribution in [-0.2, 0) is 6.42 Å². The van der Waals surface area contributed by atoms with E-state index in [0.717, 1.165) is 31.4 Å². The molecule has 1 aliphatic carbocycles. The maximum Gasteiger partial charge on any atom is 0.126 e. The molecule has 100 valence electrons. The van der Waals surface area contributed by atoms with Gasteiger partial charge in [-0.2, -0.15) is 0 Å². The number of nitrogens with one attached hydrogen (secondary N) is 1. The fourth-order valence-electron chi connectivity index (χ4n) is 3.15. The third kappa shape index (κ3) is 2.74. The molecule has 1 aromatic carbocycles. The Morgan fingerprint density at radius 3 is 2.89 bits per heavy atom. The van der Waals surface area contributed by atoms with Crippen LogP contribution in [0.5, 0.6) is 0 Å². The topological polar surface area (TPSA) is 12.0 Å². The normalized spacial score (nSPS) is 19.8. The molecule has 1 N–H and O–H groups in total. The first-order chi connectivity index (χ1) is 8.77. The molecule has 2 heteroatoms. The van der Waals surface area contributed by atoms with Gasteiger partial charge in [0.05, 0.1) is 0 Å². The van der Waals surface area contributed by atoms with E-state index in [-0.39, 0.29) is 5.82 Å². The highest BCUT2D eigenvalue weighted by atomic mass is 19.1. The summed E-state index contributed by atoms with van der Waals surface area (Å²) in [4.78, 5) is 0. The van der Waals surface area contributed by atoms with E-state index in [1.165, 1.54) is 18.4 Å². The van der Waals surface area contributed by atoms with Gasteiger partial charge in [0.1, 0.15) is 5.82 Å². The van der Waals surface area contributed by atoms with Crippen molar-refractivity contribution in [1.29, 1.82) is 0 Å². The van der Waals surface area contributed by atoms with Crippen molar-refractivity contribution in [3.05, 3.63) is 35.1 Å². The van der Waals surface area contributed by atoms with Gasteiger partial charge in [0, 0.05) is 6.04 Å². The smallest absolute Gasteiger partial charge is 0.126 e. The van der Waals surface area contributed by atoms with Crippen LogP contribution >= 0.6 is 0 Å². The summed E-state index contributed by atoms with van der Waals surface area (Å²) in [5.41, 5.74) is 2.21. The summed E-state index contributed by atoms with van der Waals surface area (Å²) in [5, 5.41) is 3.65. The molecule has 0 aromatic heterocycles. The third-order valence-electron chi connectivity index (χ3n) is 4.00. The molecule has 0 saturated carbocycles. The number of fused-ring (bicyclic) bond motifs is 1. The average molecular weight is 249 g/mol. The molecule has 0 amide bonds. The summed E-state index contributed by atoms with van der Waals surface area (Å²) in [6.45, 7) is 5.48. The highest BCUT2D eigenvalue weighted by Gasteiger charge is 2.30. The Morgan fingerprint density at radius 2 is 2.17 bits per heavy atom. The summed E-state index contributed by atoms with van der Waals surface area (Å²) in [6.07, 6.45) is 5.52. The second-order valence-electron chi connectivity index (χ2n) is 5.30. The standard InChI is InChI=1S/C16H24FN/c1-3-6-16(18-11-4-2)14-10-9-13-12(14)7-5-8-15(13)17/h5,7-8,14,16,18H,3-4,6,9-11H2,1-2H3. The Balaban J connectivity index is 2.16. The number of hydrogen-bond donors (Lipinski definition) is 1. The number of benzene rings is 1. The Kier molecular flexibility index (Phi) is 4.76. The lowest BCUT2D eigenvalue weighted by Gasteiger charge is -2.25. The number of hydrogen-bond acceptors (Lipinski definition) is 1. The highest BCUT2D eigenvalue weighted by Crippen LogP contribution is 2.37. The summed E-state index contributed by atoms with van der Waals surface area (Å²) in [6, 6.07) is 6.08. The van der Waals surface area contributed by atoms with E-state index in [1.807, 2.05) is 6.07 Å². The monoisotopic (exact) mass is 249 g/mol. The van der Waals surface area contributed by atoms with Gasteiger partial charge in [-0.05, 0) is 55.3 Å². The van der Waals surface area contributed by atoms with Crippen molar-refractivity contribution < 1.29 is 4.39 Å². The van der Waals surface area contributed by atoms with E-state index < -0.39 is 0 Å².